The largest absolute Gasteiger partial charge is 0.454 e. The summed E-state index contributed by atoms with van der Waals surface area (Å²) in [7, 11) is 0. The quantitative estimate of drug-likeness (QED) is 0.772. The molecule has 134 valence electrons. The topological polar surface area (TPSA) is 21.7 Å². The van der Waals surface area contributed by atoms with Crippen LogP contribution in [-0.2, 0) is 6.54 Å². The molecule has 1 unspecified atom stereocenters. The van der Waals surface area contributed by atoms with Crippen molar-refractivity contribution in [1.82, 2.24) is 4.90 Å². The first-order valence-corrected chi connectivity index (χ1v) is 10.6. The first-order valence-electron chi connectivity index (χ1n) is 9.73. The van der Waals surface area contributed by atoms with E-state index in [1.807, 2.05) is 0 Å². The number of ether oxygens (including phenoxy) is 2. The average molecular weight is 365 g/mol. The maximum atomic E-state index is 5.67. The van der Waals surface area contributed by atoms with Crippen molar-refractivity contribution in [2.45, 2.75) is 47.9 Å². The molecule has 0 spiro atoms. The van der Waals surface area contributed by atoms with E-state index in [1.54, 1.807) is 0 Å². The zero-order chi connectivity index (χ0) is 17.1. The van der Waals surface area contributed by atoms with Crippen LogP contribution in [0, 0.1) is 5.92 Å². The number of fused-ring (bicyclic) bond motifs is 8. The molecule has 3 aliphatic heterocycles. The van der Waals surface area contributed by atoms with Crippen molar-refractivity contribution < 1.29 is 9.47 Å². The van der Waals surface area contributed by atoms with Crippen LogP contribution in [0.15, 0.2) is 47.4 Å². The summed E-state index contributed by atoms with van der Waals surface area (Å²) in [5.74, 6) is 3.34. The van der Waals surface area contributed by atoms with Crippen LogP contribution in [0.4, 0.5) is 0 Å². The van der Waals surface area contributed by atoms with E-state index in [9.17, 15) is 0 Å². The molecule has 1 saturated heterocycles. The van der Waals surface area contributed by atoms with Gasteiger partial charge in [0.15, 0.2) is 11.5 Å². The lowest BCUT2D eigenvalue weighted by molar-refractivity contribution is 0.173. The Hall–Kier alpha value is -1.65. The Morgan fingerprint density at radius 2 is 1.85 bits per heavy atom. The van der Waals surface area contributed by atoms with Crippen LogP contribution < -0.4 is 9.47 Å². The standard InChI is InChI=1S/C22H23NO2S/c1-2-4-15(5-3-1)26-16-6-7-20-18(9-16)19-12-23(20)11-14-8-21-22(10-17(14)19)25-13-24-21/h1-5,8,10,16,18-20H,6-7,9,11-13H2/t16-,18+,19+,20+/m1/s1. The minimum Gasteiger partial charge on any atom is -0.454 e. The first-order chi connectivity index (χ1) is 12.8. The normalized spacial score (nSPS) is 33.6. The second-order valence-electron chi connectivity index (χ2n) is 8.04. The Kier molecular flexibility index (Phi) is 3.52. The van der Waals surface area contributed by atoms with Gasteiger partial charge in [-0.25, -0.2) is 0 Å². The third-order valence-corrected chi connectivity index (χ3v) is 7.99. The van der Waals surface area contributed by atoms with Gasteiger partial charge in [-0.15, -0.1) is 11.8 Å². The fraction of sp³-hybridized carbons (Fsp3) is 0.455. The number of thioether (sulfide) groups is 1. The third-order valence-electron chi connectivity index (χ3n) is 6.68. The lowest BCUT2D eigenvalue weighted by atomic mass is 9.76. The van der Waals surface area contributed by atoms with E-state index in [0.29, 0.717) is 12.7 Å². The molecule has 4 aliphatic rings. The van der Waals surface area contributed by atoms with Crippen LogP contribution >= 0.6 is 11.8 Å². The van der Waals surface area contributed by atoms with Crippen molar-refractivity contribution in [3.8, 4) is 11.5 Å². The smallest absolute Gasteiger partial charge is 0.231 e. The molecule has 0 amide bonds. The van der Waals surface area contributed by atoms with Crippen molar-refractivity contribution in [2.75, 3.05) is 13.3 Å². The summed E-state index contributed by atoms with van der Waals surface area (Å²) in [5, 5.41) is 0.747. The summed E-state index contributed by atoms with van der Waals surface area (Å²) in [5.41, 5.74) is 3.00. The molecule has 2 fully saturated rings. The lowest BCUT2D eigenvalue weighted by Crippen LogP contribution is -2.36. The third kappa shape index (κ3) is 2.39. The van der Waals surface area contributed by atoms with Crippen molar-refractivity contribution in [2.24, 2.45) is 5.92 Å². The van der Waals surface area contributed by atoms with Gasteiger partial charge in [-0.1, -0.05) is 18.2 Å². The van der Waals surface area contributed by atoms with Crippen LogP contribution in [0.1, 0.15) is 36.3 Å². The van der Waals surface area contributed by atoms with Gasteiger partial charge in [0.1, 0.15) is 0 Å². The molecule has 0 radical (unpaired) electrons. The van der Waals surface area contributed by atoms with Gasteiger partial charge in [0.2, 0.25) is 6.79 Å². The highest BCUT2D eigenvalue weighted by atomic mass is 32.2. The van der Waals surface area contributed by atoms with E-state index in [-0.39, 0.29) is 0 Å². The Morgan fingerprint density at radius 1 is 1.00 bits per heavy atom. The van der Waals surface area contributed by atoms with Gasteiger partial charge in [-0.3, -0.25) is 4.90 Å². The summed E-state index contributed by atoms with van der Waals surface area (Å²) in [6.07, 6.45) is 4.01. The molecule has 3 nitrogen and oxygen atoms in total. The predicted octanol–water partition coefficient (Wildman–Crippen LogP) is 4.66. The Morgan fingerprint density at radius 3 is 2.73 bits per heavy atom. The minimum absolute atomic E-state index is 0.369. The van der Waals surface area contributed by atoms with E-state index in [4.69, 9.17) is 9.47 Å². The van der Waals surface area contributed by atoms with Crippen molar-refractivity contribution in [3.05, 3.63) is 53.6 Å². The first kappa shape index (κ1) is 15.4. The predicted molar refractivity (Wildman–Crippen MR) is 103 cm³/mol. The number of hydrogen-bond acceptors (Lipinski definition) is 4. The van der Waals surface area contributed by atoms with Gasteiger partial charge in [0.05, 0.1) is 0 Å². The minimum atomic E-state index is 0.369. The number of nitrogens with zero attached hydrogens (tertiary/aromatic N) is 1. The van der Waals surface area contributed by atoms with Crippen LogP contribution in [0.5, 0.6) is 11.5 Å². The SMILES string of the molecule is c1ccc(S[C@@H]2CC[C@H]3[C@@H](C2)[C@H]2CN3Cc3cc4c(cc32)OCO4)cc1. The summed E-state index contributed by atoms with van der Waals surface area (Å²) < 4.78 is 11.3. The van der Waals surface area contributed by atoms with Crippen LogP contribution in [-0.4, -0.2) is 29.5 Å². The molecule has 6 rings (SSSR count). The Balaban J connectivity index is 1.28. The van der Waals surface area contributed by atoms with Gasteiger partial charge in [0.25, 0.3) is 0 Å². The highest BCUT2D eigenvalue weighted by Crippen LogP contribution is 2.53. The molecule has 4 heteroatoms. The van der Waals surface area contributed by atoms with Gasteiger partial charge < -0.3 is 9.47 Å². The van der Waals surface area contributed by atoms with Crippen molar-refractivity contribution in [3.63, 3.8) is 0 Å². The molecular weight excluding hydrogens is 342 g/mol. The number of hydrogen-bond donors (Lipinski definition) is 0. The van der Waals surface area contributed by atoms with Gasteiger partial charge in [0, 0.05) is 35.2 Å². The fourth-order valence-electron chi connectivity index (χ4n) is 5.57. The zero-order valence-electron chi connectivity index (χ0n) is 14.8. The molecule has 5 atom stereocenters. The maximum Gasteiger partial charge on any atom is 0.231 e. The van der Waals surface area contributed by atoms with Gasteiger partial charge in [-0.2, -0.15) is 0 Å². The maximum absolute atomic E-state index is 5.67. The molecule has 0 N–H and O–H groups in total. The molecular formula is C22H23NO2S. The summed E-state index contributed by atoms with van der Waals surface area (Å²) >= 11 is 2.09. The van der Waals surface area contributed by atoms with Crippen LogP contribution in [0.2, 0.25) is 0 Å². The average Bonchev–Trinajstić information content (AvgIpc) is 3.24. The highest BCUT2D eigenvalue weighted by molar-refractivity contribution is 8.00. The van der Waals surface area contributed by atoms with E-state index >= 15 is 0 Å². The summed E-state index contributed by atoms with van der Waals surface area (Å²) in [6.45, 7) is 2.68. The van der Waals surface area contributed by atoms with Crippen molar-refractivity contribution >= 4 is 11.8 Å². The van der Waals surface area contributed by atoms with E-state index in [2.05, 4.69) is 59.1 Å². The zero-order valence-corrected chi connectivity index (χ0v) is 15.6. The molecule has 2 aromatic carbocycles. The Bertz CT molecular complexity index is 840. The number of rotatable bonds is 2. The number of benzene rings is 2. The van der Waals surface area contributed by atoms with E-state index in [1.165, 1.54) is 41.8 Å². The van der Waals surface area contributed by atoms with E-state index in [0.717, 1.165) is 35.3 Å². The monoisotopic (exact) mass is 365 g/mol. The van der Waals surface area contributed by atoms with Gasteiger partial charge in [-0.05, 0) is 60.6 Å². The lowest BCUT2D eigenvalue weighted by Gasteiger charge is -2.35. The van der Waals surface area contributed by atoms with E-state index < -0.39 is 0 Å². The molecule has 0 aromatic heterocycles. The highest BCUT2D eigenvalue weighted by Gasteiger charge is 2.48. The molecule has 2 aromatic rings. The molecule has 3 heterocycles. The summed E-state index contributed by atoms with van der Waals surface area (Å²) in [4.78, 5) is 4.16. The van der Waals surface area contributed by atoms with Crippen LogP contribution in [0.25, 0.3) is 0 Å². The fourth-order valence-corrected chi connectivity index (χ4v) is 6.84. The Labute approximate surface area is 158 Å². The second kappa shape index (κ2) is 5.93. The molecule has 1 saturated carbocycles. The summed E-state index contributed by atoms with van der Waals surface area (Å²) in [6, 6.07) is 16.2. The molecule has 2 bridgehead atoms. The van der Waals surface area contributed by atoms with Crippen LogP contribution in [0.3, 0.4) is 0 Å². The van der Waals surface area contributed by atoms with Gasteiger partial charge >= 0.3 is 0 Å². The van der Waals surface area contributed by atoms with Crippen molar-refractivity contribution in [1.29, 1.82) is 0 Å². The molecule has 1 aliphatic carbocycles. The second-order valence-corrected chi connectivity index (χ2v) is 9.41. The molecule has 26 heavy (non-hydrogen) atoms.